The zero-order valence-corrected chi connectivity index (χ0v) is 17.4. The van der Waals surface area contributed by atoms with Crippen LogP contribution in [0, 0.1) is 5.82 Å². The van der Waals surface area contributed by atoms with E-state index in [2.05, 4.69) is 4.72 Å². The number of ether oxygens (including phenoxy) is 2. The van der Waals surface area contributed by atoms with Gasteiger partial charge in [-0.25, -0.2) is 13.3 Å². The number of alkyl halides is 3. The van der Waals surface area contributed by atoms with Gasteiger partial charge in [0, 0.05) is 23.0 Å². The fourth-order valence-corrected chi connectivity index (χ4v) is 3.93. The van der Waals surface area contributed by atoms with Gasteiger partial charge in [-0.05, 0) is 45.7 Å². The van der Waals surface area contributed by atoms with Gasteiger partial charge in [0.25, 0.3) is 0 Å². The minimum atomic E-state index is -4.82. The minimum Gasteiger partial charge on any atom is -0.353 e. The molecule has 0 aliphatic carbocycles. The monoisotopic (exact) mass is 445 g/mol. The highest BCUT2D eigenvalue weighted by molar-refractivity contribution is 7.84. The molecule has 1 aliphatic rings. The summed E-state index contributed by atoms with van der Waals surface area (Å²) >= 11 is 6.01. The van der Waals surface area contributed by atoms with E-state index in [0.717, 1.165) is 12.5 Å². The minimum absolute atomic E-state index is 0.112. The van der Waals surface area contributed by atoms with Gasteiger partial charge in [-0.15, -0.1) is 0 Å². The van der Waals surface area contributed by atoms with Crippen molar-refractivity contribution in [1.82, 2.24) is 4.72 Å². The molecule has 0 aromatic heterocycles. The van der Waals surface area contributed by atoms with E-state index in [1.54, 1.807) is 20.8 Å². The zero-order chi connectivity index (χ0) is 21.1. The lowest BCUT2D eigenvalue weighted by Crippen LogP contribution is -2.37. The zero-order valence-electron chi connectivity index (χ0n) is 15.9. The van der Waals surface area contributed by atoms with Crippen molar-refractivity contribution in [3.05, 3.63) is 34.1 Å². The topological polar surface area (TPSA) is 47.6 Å². The third-order valence-corrected chi connectivity index (χ3v) is 6.06. The van der Waals surface area contributed by atoms with Crippen LogP contribution in [-0.2, 0) is 26.6 Å². The van der Waals surface area contributed by atoms with Crippen LogP contribution in [0.3, 0.4) is 0 Å². The molecule has 160 valence electrons. The lowest BCUT2D eigenvalue weighted by Gasteiger charge is -2.29. The number of halogens is 5. The van der Waals surface area contributed by atoms with Crippen molar-refractivity contribution in [2.24, 2.45) is 0 Å². The summed E-state index contributed by atoms with van der Waals surface area (Å²) < 4.78 is 79.8. The van der Waals surface area contributed by atoms with E-state index in [9.17, 15) is 21.8 Å². The number of rotatable bonds is 6. The summed E-state index contributed by atoms with van der Waals surface area (Å²) in [6, 6.07) is 0.205. The summed E-state index contributed by atoms with van der Waals surface area (Å²) in [5.41, 5.74) is -1.52. The van der Waals surface area contributed by atoms with Crippen LogP contribution in [0.25, 0.3) is 0 Å². The summed E-state index contributed by atoms with van der Waals surface area (Å²) in [5.74, 6) is -1.09. The van der Waals surface area contributed by atoms with Crippen molar-refractivity contribution in [1.29, 1.82) is 0 Å². The van der Waals surface area contributed by atoms with Crippen LogP contribution in [0.15, 0.2) is 12.1 Å². The first-order valence-electron chi connectivity index (χ1n) is 8.87. The Morgan fingerprint density at radius 3 is 2.39 bits per heavy atom. The molecule has 1 saturated heterocycles. The van der Waals surface area contributed by atoms with Crippen molar-refractivity contribution in [3.8, 4) is 0 Å². The van der Waals surface area contributed by atoms with Crippen molar-refractivity contribution in [2.45, 2.75) is 63.3 Å². The number of nitrogens with one attached hydrogen (secondary N) is 1. The molecule has 1 fully saturated rings. The average molecular weight is 446 g/mol. The van der Waals surface area contributed by atoms with Crippen molar-refractivity contribution >= 4 is 22.6 Å². The molecule has 2 rings (SSSR count). The van der Waals surface area contributed by atoms with Gasteiger partial charge in [-0.2, -0.15) is 13.2 Å². The lowest BCUT2D eigenvalue weighted by atomic mass is 9.96. The highest BCUT2D eigenvalue weighted by Gasteiger charge is 2.38. The Bertz CT molecular complexity index is 703. The van der Waals surface area contributed by atoms with Gasteiger partial charge in [0.1, 0.15) is 5.82 Å². The third-order valence-electron chi connectivity index (χ3n) is 4.14. The molecular weight excluding hydrogens is 422 g/mol. The second-order valence-electron chi connectivity index (χ2n) is 7.50. The molecule has 0 spiro atoms. The van der Waals surface area contributed by atoms with E-state index in [0.29, 0.717) is 19.3 Å². The molecule has 1 N–H and O–H groups in total. The molecule has 2 unspecified atom stereocenters. The normalized spacial score (nSPS) is 18.9. The van der Waals surface area contributed by atoms with Crippen LogP contribution in [0.2, 0.25) is 5.02 Å². The van der Waals surface area contributed by atoms with Crippen molar-refractivity contribution in [3.63, 3.8) is 0 Å². The molecule has 4 nitrogen and oxygen atoms in total. The third kappa shape index (κ3) is 6.38. The number of hydrogen-bond acceptors (Lipinski definition) is 3. The molecule has 28 heavy (non-hydrogen) atoms. The molecule has 10 heteroatoms. The van der Waals surface area contributed by atoms with Gasteiger partial charge >= 0.3 is 6.18 Å². The quantitative estimate of drug-likeness (QED) is 0.617. The van der Waals surface area contributed by atoms with Crippen molar-refractivity contribution < 1.29 is 31.2 Å². The van der Waals surface area contributed by atoms with E-state index < -0.39 is 45.6 Å². The van der Waals surface area contributed by atoms with Gasteiger partial charge < -0.3 is 9.47 Å². The van der Waals surface area contributed by atoms with Crippen LogP contribution >= 0.6 is 11.6 Å². The standard InChI is InChI=1S/C18H24ClF4NO3S/c1-17(2,3)28(25)24-14(5-6-15-26-7-4-8-27-15)16-12(18(21,22)23)9-11(20)10-13(16)19/h9-10,14-15,24H,4-8H2,1-3H3. The fourth-order valence-electron chi connectivity index (χ4n) is 2.75. The Morgan fingerprint density at radius 1 is 1.25 bits per heavy atom. The highest BCUT2D eigenvalue weighted by Crippen LogP contribution is 2.40. The molecule has 0 radical (unpaired) electrons. The van der Waals surface area contributed by atoms with Crippen molar-refractivity contribution in [2.75, 3.05) is 13.2 Å². The predicted octanol–water partition coefficient (Wildman–Crippen LogP) is 5.13. The average Bonchev–Trinajstić information content (AvgIpc) is 2.57. The molecular formula is C18H24ClF4NO3S. The fraction of sp³-hybridized carbons (Fsp3) is 0.667. The number of hydrogen-bond donors (Lipinski definition) is 1. The second-order valence-corrected chi connectivity index (χ2v) is 9.91. The molecule has 0 saturated carbocycles. The second kappa shape index (κ2) is 9.38. The van der Waals surface area contributed by atoms with Crippen LogP contribution in [0.1, 0.15) is 57.2 Å². The highest BCUT2D eigenvalue weighted by atomic mass is 35.5. The summed E-state index contributed by atoms with van der Waals surface area (Å²) in [5, 5.41) is -0.374. The summed E-state index contributed by atoms with van der Waals surface area (Å²) in [6.45, 7) is 6.08. The molecule has 1 aliphatic heterocycles. The Balaban J connectivity index is 2.38. The van der Waals surface area contributed by atoms with Crippen LogP contribution < -0.4 is 4.72 Å². The number of benzene rings is 1. The first kappa shape index (κ1) is 23.5. The maximum absolute atomic E-state index is 13.6. The Hall–Kier alpha value is -0.740. The summed E-state index contributed by atoms with van der Waals surface area (Å²) in [6.07, 6.45) is -4.25. The first-order chi connectivity index (χ1) is 12.9. The largest absolute Gasteiger partial charge is 0.416 e. The smallest absolute Gasteiger partial charge is 0.353 e. The molecule has 0 amide bonds. The van der Waals surface area contributed by atoms with Crippen LogP contribution in [-0.4, -0.2) is 28.5 Å². The summed E-state index contributed by atoms with van der Waals surface area (Å²) in [4.78, 5) is 0. The van der Waals surface area contributed by atoms with Gasteiger partial charge in [0.2, 0.25) is 0 Å². The van der Waals surface area contributed by atoms with Crippen LogP contribution in [0.5, 0.6) is 0 Å². The van der Waals surface area contributed by atoms with E-state index in [-0.39, 0.29) is 23.4 Å². The lowest BCUT2D eigenvalue weighted by molar-refractivity contribution is -0.182. The first-order valence-corrected chi connectivity index (χ1v) is 10.4. The molecule has 0 bridgehead atoms. The van der Waals surface area contributed by atoms with Gasteiger partial charge in [-0.1, -0.05) is 11.6 Å². The van der Waals surface area contributed by atoms with Gasteiger partial charge in [0.05, 0.1) is 34.5 Å². The van der Waals surface area contributed by atoms with Gasteiger partial charge in [-0.3, -0.25) is 0 Å². The van der Waals surface area contributed by atoms with Crippen LogP contribution in [0.4, 0.5) is 17.6 Å². The van der Waals surface area contributed by atoms with E-state index in [1.807, 2.05) is 0 Å². The molecule has 1 heterocycles. The Labute approximate surface area is 169 Å². The maximum Gasteiger partial charge on any atom is 0.416 e. The Morgan fingerprint density at radius 2 is 1.86 bits per heavy atom. The SMILES string of the molecule is CC(C)(C)S(=O)NC(CCC1OCCCO1)c1c(Cl)cc(F)cc1C(F)(F)F. The Kier molecular flexibility index (Phi) is 7.89. The van der Waals surface area contributed by atoms with Gasteiger partial charge in [0.15, 0.2) is 6.29 Å². The molecule has 1 aromatic rings. The van der Waals surface area contributed by atoms with E-state index in [1.165, 1.54) is 0 Å². The molecule has 2 atom stereocenters. The van der Waals surface area contributed by atoms with E-state index in [4.69, 9.17) is 21.1 Å². The maximum atomic E-state index is 13.6. The predicted molar refractivity (Wildman–Crippen MR) is 99.7 cm³/mol. The molecule has 1 aromatic carbocycles. The van der Waals surface area contributed by atoms with E-state index >= 15 is 0 Å². The summed E-state index contributed by atoms with van der Waals surface area (Å²) in [7, 11) is -1.67.